The number of nitrogens with one attached hydrogen (secondary N) is 1. The minimum atomic E-state index is -0.702. The molecule has 0 bridgehead atoms. The number of amides is 1. The molecule has 3 aromatic rings. The molecule has 30 heavy (non-hydrogen) atoms. The van der Waals surface area contributed by atoms with E-state index in [1.165, 1.54) is 36.4 Å². The molecular weight excluding hydrogens is 408 g/mol. The van der Waals surface area contributed by atoms with Crippen molar-refractivity contribution in [3.8, 4) is 23.5 Å². The number of anilines is 1. The fourth-order valence-corrected chi connectivity index (χ4v) is 2.83. The van der Waals surface area contributed by atoms with Gasteiger partial charge in [-0.1, -0.05) is 23.7 Å². The number of non-ortho nitro benzene ring substituents is 1. The van der Waals surface area contributed by atoms with Gasteiger partial charge in [0.15, 0.2) is 0 Å². The standard InChI is InChI=1S/C21H11ClN4O4/c22-18-10-15(26(28)29)5-7-17(18)20-8-6-16(30-20)9-14(12-24)21(27)25-19-4-2-1-3-13(19)11-23/h1-10H,(H,25,27)/b14-9+. The fraction of sp³-hybridized carbons (Fsp3) is 0. The molecule has 1 aromatic heterocycles. The summed E-state index contributed by atoms with van der Waals surface area (Å²) in [5, 5.41) is 31.9. The molecule has 1 N–H and O–H groups in total. The van der Waals surface area contributed by atoms with Gasteiger partial charge in [-0.3, -0.25) is 14.9 Å². The van der Waals surface area contributed by atoms with Crippen molar-refractivity contribution in [2.45, 2.75) is 0 Å². The Morgan fingerprint density at radius 1 is 1.17 bits per heavy atom. The van der Waals surface area contributed by atoms with Crippen LogP contribution in [0.5, 0.6) is 0 Å². The zero-order chi connectivity index (χ0) is 21.7. The van der Waals surface area contributed by atoms with Crippen molar-refractivity contribution in [2.24, 2.45) is 0 Å². The molecule has 0 fully saturated rings. The first-order chi connectivity index (χ1) is 14.4. The number of rotatable bonds is 5. The van der Waals surface area contributed by atoms with Gasteiger partial charge in [0.1, 0.15) is 29.2 Å². The topological polar surface area (TPSA) is 133 Å². The van der Waals surface area contributed by atoms with Gasteiger partial charge >= 0.3 is 0 Å². The van der Waals surface area contributed by atoms with E-state index in [4.69, 9.17) is 21.3 Å². The van der Waals surface area contributed by atoms with Crippen molar-refractivity contribution in [2.75, 3.05) is 5.32 Å². The highest BCUT2D eigenvalue weighted by atomic mass is 35.5. The van der Waals surface area contributed by atoms with Crippen LogP contribution in [0.15, 0.2) is 64.6 Å². The number of hydrogen-bond donors (Lipinski definition) is 1. The number of hydrogen-bond acceptors (Lipinski definition) is 6. The molecule has 3 rings (SSSR count). The average molecular weight is 419 g/mol. The lowest BCUT2D eigenvalue weighted by Crippen LogP contribution is -2.14. The quantitative estimate of drug-likeness (QED) is 0.270. The number of halogens is 1. The lowest BCUT2D eigenvalue weighted by atomic mass is 10.1. The molecule has 0 aliphatic carbocycles. The first-order valence-corrected chi connectivity index (χ1v) is 8.77. The largest absolute Gasteiger partial charge is 0.457 e. The van der Waals surface area contributed by atoms with Crippen molar-refractivity contribution in [3.63, 3.8) is 0 Å². The van der Waals surface area contributed by atoms with E-state index >= 15 is 0 Å². The van der Waals surface area contributed by atoms with Crippen LogP contribution in [0.25, 0.3) is 17.4 Å². The second-order valence-corrected chi connectivity index (χ2v) is 6.31. The average Bonchev–Trinajstić information content (AvgIpc) is 3.20. The van der Waals surface area contributed by atoms with Gasteiger partial charge < -0.3 is 9.73 Å². The van der Waals surface area contributed by atoms with E-state index in [1.807, 2.05) is 6.07 Å². The molecule has 0 unspecified atom stereocenters. The van der Waals surface area contributed by atoms with Gasteiger partial charge in [-0.05, 0) is 30.3 Å². The Labute approximate surface area is 175 Å². The van der Waals surface area contributed by atoms with Crippen LogP contribution in [-0.2, 0) is 4.79 Å². The molecule has 8 nitrogen and oxygen atoms in total. The molecule has 0 radical (unpaired) electrons. The van der Waals surface area contributed by atoms with Crippen molar-refractivity contribution in [1.29, 1.82) is 10.5 Å². The highest BCUT2D eigenvalue weighted by Crippen LogP contribution is 2.32. The highest BCUT2D eigenvalue weighted by molar-refractivity contribution is 6.33. The van der Waals surface area contributed by atoms with Crippen LogP contribution in [0.3, 0.4) is 0 Å². The summed E-state index contributed by atoms with van der Waals surface area (Å²) in [4.78, 5) is 22.7. The van der Waals surface area contributed by atoms with Crippen LogP contribution >= 0.6 is 11.6 Å². The van der Waals surface area contributed by atoms with Gasteiger partial charge in [0.25, 0.3) is 11.6 Å². The number of nitriles is 2. The minimum Gasteiger partial charge on any atom is -0.457 e. The lowest BCUT2D eigenvalue weighted by Gasteiger charge is -2.05. The molecule has 0 spiro atoms. The Bertz CT molecular complexity index is 1260. The van der Waals surface area contributed by atoms with Crippen LogP contribution in [-0.4, -0.2) is 10.8 Å². The van der Waals surface area contributed by atoms with E-state index in [9.17, 15) is 20.2 Å². The molecule has 146 valence electrons. The zero-order valence-electron chi connectivity index (χ0n) is 15.1. The summed E-state index contributed by atoms with van der Waals surface area (Å²) in [6, 6.07) is 17.2. The van der Waals surface area contributed by atoms with Gasteiger partial charge in [-0.25, -0.2) is 0 Å². The summed E-state index contributed by atoms with van der Waals surface area (Å²) < 4.78 is 5.61. The number of carbonyl (C=O) groups is 1. The SMILES string of the molecule is N#C/C(=C\c1ccc(-c2ccc([N+](=O)[O-])cc2Cl)o1)C(=O)Nc1ccccc1C#N. The number of nitro benzene ring substituents is 1. The summed E-state index contributed by atoms with van der Waals surface area (Å²) >= 11 is 6.10. The summed E-state index contributed by atoms with van der Waals surface area (Å²) in [6.45, 7) is 0. The van der Waals surface area contributed by atoms with Crippen molar-refractivity contribution >= 4 is 35.0 Å². The summed E-state index contributed by atoms with van der Waals surface area (Å²) in [6.07, 6.45) is 1.24. The number of furan rings is 1. The number of nitro groups is 1. The number of carbonyl (C=O) groups excluding carboxylic acids is 1. The third kappa shape index (κ3) is 4.36. The smallest absolute Gasteiger partial charge is 0.270 e. The molecular formula is C21H11ClN4O4. The summed E-state index contributed by atoms with van der Waals surface area (Å²) in [7, 11) is 0. The fourth-order valence-electron chi connectivity index (χ4n) is 2.56. The van der Waals surface area contributed by atoms with Crippen LogP contribution < -0.4 is 5.32 Å². The molecule has 0 saturated carbocycles. The number of para-hydroxylation sites is 1. The van der Waals surface area contributed by atoms with Gasteiger partial charge in [-0.15, -0.1) is 0 Å². The van der Waals surface area contributed by atoms with E-state index in [1.54, 1.807) is 30.3 Å². The van der Waals surface area contributed by atoms with E-state index in [0.717, 1.165) is 0 Å². The normalized spacial score (nSPS) is 10.7. The molecule has 1 amide bonds. The van der Waals surface area contributed by atoms with Crippen molar-refractivity contribution in [3.05, 3.63) is 86.6 Å². The second-order valence-electron chi connectivity index (χ2n) is 5.90. The van der Waals surface area contributed by atoms with Crippen LogP contribution in [0.2, 0.25) is 5.02 Å². The third-order valence-corrected chi connectivity index (χ3v) is 4.32. The Balaban J connectivity index is 1.85. The molecule has 0 aliphatic rings. The molecule has 0 aliphatic heterocycles. The maximum absolute atomic E-state index is 12.4. The lowest BCUT2D eigenvalue weighted by molar-refractivity contribution is -0.384. The van der Waals surface area contributed by atoms with Gasteiger partial charge in [-0.2, -0.15) is 10.5 Å². The summed E-state index contributed by atoms with van der Waals surface area (Å²) in [5.74, 6) is -0.181. The Kier molecular flexibility index (Phi) is 5.92. The first kappa shape index (κ1) is 20.3. The van der Waals surface area contributed by atoms with Crippen molar-refractivity contribution in [1.82, 2.24) is 0 Å². The molecule has 0 atom stereocenters. The Morgan fingerprint density at radius 2 is 1.93 bits per heavy atom. The van der Waals surface area contributed by atoms with E-state index in [2.05, 4.69) is 5.32 Å². The third-order valence-electron chi connectivity index (χ3n) is 4.00. The van der Waals surface area contributed by atoms with E-state index < -0.39 is 10.8 Å². The van der Waals surface area contributed by atoms with Crippen LogP contribution in [0.1, 0.15) is 11.3 Å². The van der Waals surface area contributed by atoms with Gasteiger partial charge in [0.2, 0.25) is 0 Å². The van der Waals surface area contributed by atoms with E-state index in [-0.39, 0.29) is 33.3 Å². The molecule has 2 aromatic carbocycles. The molecule has 9 heteroatoms. The Hall–Kier alpha value is -4.40. The maximum atomic E-state index is 12.4. The minimum absolute atomic E-state index is 0.125. The monoisotopic (exact) mass is 418 g/mol. The first-order valence-electron chi connectivity index (χ1n) is 8.39. The zero-order valence-corrected chi connectivity index (χ0v) is 15.9. The second kappa shape index (κ2) is 8.74. The highest BCUT2D eigenvalue weighted by Gasteiger charge is 2.15. The van der Waals surface area contributed by atoms with Gasteiger partial charge in [0, 0.05) is 23.8 Å². The molecule has 1 heterocycles. The van der Waals surface area contributed by atoms with Crippen LogP contribution in [0, 0.1) is 32.8 Å². The van der Waals surface area contributed by atoms with E-state index in [0.29, 0.717) is 11.3 Å². The van der Waals surface area contributed by atoms with Gasteiger partial charge in [0.05, 0.1) is 21.2 Å². The molecule has 0 saturated heterocycles. The number of nitrogens with zero attached hydrogens (tertiary/aromatic N) is 3. The maximum Gasteiger partial charge on any atom is 0.270 e. The predicted molar refractivity (Wildman–Crippen MR) is 109 cm³/mol. The van der Waals surface area contributed by atoms with Crippen molar-refractivity contribution < 1.29 is 14.1 Å². The summed E-state index contributed by atoms with van der Waals surface area (Å²) in [5.41, 5.74) is 0.572. The predicted octanol–water partition coefficient (Wildman–Crippen LogP) is 4.93. The number of benzene rings is 2. The van der Waals surface area contributed by atoms with Crippen LogP contribution in [0.4, 0.5) is 11.4 Å². The Morgan fingerprint density at radius 3 is 2.60 bits per heavy atom.